The van der Waals surface area contributed by atoms with E-state index in [1.807, 2.05) is 30.3 Å². The van der Waals surface area contributed by atoms with Gasteiger partial charge in [0.2, 0.25) is 10.0 Å². The van der Waals surface area contributed by atoms with E-state index in [1.165, 1.54) is 16.4 Å². The van der Waals surface area contributed by atoms with Crippen LogP contribution in [0, 0.1) is 10.6 Å². The smallest absolute Gasteiger partial charge is 0.272 e. The minimum Gasteiger partial charge on any atom is -0.336 e. The molecule has 1 aliphatic rings. The van der Waals surface area contributed by atoms with Gasteiger partial charge in [0, 0.05) is 38.1 Å². The van der Waals surface area contributed by atoms with E-state index in [2.05, 4.69) is 4.98 Å². The molecule has 31 heavy (non-hydrogen) atoms. The molecule has 1 aromatic heterocycles. The maximum absolute atomic E-state index is 13.3. The maximum Gasteiger partial charge on any atom is 0.272 e. The Morgan fingerprint density at radius 2 is 1.68 bits per heavy atom. The van der Waals surface area contributed by atoms with Crippen LogP contribution in [0.3, 0.4) is 0 Å². The number of benzene rings is 2. The van der Waals surface area contributed by atoms with Crippen LogP contribution in [0.5, 0.6) is 0 Å². The van der Waals surface area contributed by atoms with Gasteiger partial charge in [0.25, 0.3) is 5.91 Å². The topological polar surface area (TPSA) is 78.4 Å². The lowest BCUT2D eigenvalue weighted by Crippen LogP contribution is -2.38. The lowest BCUT2D eigenvalue weighted by atomic mass is 10.3. The number of hydrogen-bond donors (Lipinski definition) is 1. The van der Waals surface area contributed by atoms with Crippen molar-refractivity contribution in [2.75, 3.05) is 26.2 Å². The number of nitrogens with one attached hydrogen (secondary N) is 1. The minimum atomic E-state index is -3.76. The summed E-state index contributed by atoms with van der Waals surface area (Å²) in [5.41, 5.74) is 1.17. The number of nitrogens with zero attached hydrogens (tertiary/aromatic N) is 3. The van der Waals surface area contributed by atoms with Crippen molar-refractivity contribution in [3.63, 3.8) is 0 Å². The van der Waals surface area contributed by atoms with Crippen molar-refractivity contribution in [1.82, 2.24) is 18.8 Å². The second kappa shape index (κ2) is 8.74. The van der Waals surface area contributed by atoms with Crippen molar-refractivity contribution in [1.29, 1.82) is 0 Å². The quantitative estimate of drug-likeness (QED) is 0.607. The van der Waals surface area contributed by atoms with Crippen LogP contribution in [0.25, 0.3) is 5.69 Å². The van der Waals surface area contributed by atoms with Crippen LogP contribution in [0.15, 0.2) is 65.7 Å². The SMILES string of the molecule is O=C(c1c[nH]c(=S)n1-c1ccccc1)N1CCCN(S(=O)(=O)c2ccc(F)cc2)CC1. The molecule has 162 valence electrons. The highest BCUT2D eigenvalue weighted by Gasteiger charge is 2.29. The Morgan fingerprint density at radius 3 is 2.39 bits per heavy atom. The van der Waals surface area contributed by atoms with E-state index in [-0.39, 0.29) is 30.4 Å². The number of carbonyl (C=O) groups is 1. The zero-order chi connectivity index (χ0) is 22.0. The molecule has 0 bridgehead atoms. The zero-order valence-electron chi connectivity index (χ0n) is 16.6. The van der Waals surface area contributed by atoms with Gasteiger partial charge in [-0.3, -0.25) is 9.36 Å². The van der Waals surface area contributed by atoms with Gasteiger partial charge >= 0.3 is 0 Å². The minimum absolute atomic E-state index is 0.0389. The van der Waals surface area contributed by atoms with Gasteiger partial charge in [-0.2, -0.15) is 4.31 Å². The van der Waals surface area contributed by atoms with Gasteiger partial charge in [0.1, 0.15) is 11.5 Å². The summed E-state index contributed by atoms with van der Waals surface area (Å²) in [5, 5.41) is 0. The normalized spacial score (nSPS) is 15.6. The third-order valence-electron chi connectivity index (χ3n) is 5.20. The molecule has 0 unspecified atom stereocenters. The lowest BCUT2D eigenvalue weighted by Gasteiger charge is -2.22. The van der Waals surface area contributed by atoms with Gasteiger partial charge in [-0.05, 0) is 55.0 Å². The molecular formula is C21H21FN4O3S2. The van der Waals surface area contributed by atoms with Crippen molar-refractivity contribution in [2.24, 2.45) is 0 Å². The predicted octanol–water partition coefficient (Wildman–Crippen LogP) is 3.21. The number of para-hydroxylation sites is 1. The summed E-state index contributed by atoms with van der Waals surface area (Å²) in [7, 11) is -3.76. The van der Waals surface area contributed by atoms with Gasteiger partial charge in [-0.25, -0.2) is 12.8 Å². The Balaban J connectivity index is 1.54. The molecule has 10 heteroatoms. The van der Waals surface area contributed by atoms with E-state index >= 15 is 0 Å². The standard InChI is InChI=1S/C21H21FN4O3S2/c22-16-7-9-18(10-8-16)31(28,29)25-12-4-11-24(13-14-25)20(27)19-15-23-21(30)26(19)17-5-2-1-3-6-17/h1-3,5-10,15H,4,11-14H2,(H,23,30). The number of aromatic nitrogens is 2. The van der Waals surface area contributed by atoms with Crippen molar-refractivity contribution >= 4 is 28.1 Å². The molecule has 0 spiro atoms. The van der Waals surface area contributed by atoms with E-state index in [9.17, 15) is 17.6 Å². The Labute approximate surface area is 184 Å². The summed E-state index contributed by atoms with van der Waals surface area (Å²) in [6, 6.07) is 14.1. The number of carbonyl (C=O) groups excluding carboxylic acids is 1. The molecule has 1 N–H and O–H groups in total. The summed E-state index contributed by atoms with van der Waals surface area (Å²) >= 11 is 5.36. The molecular weight excluding hydrogens is 439 g/mol. The van der Waals surface area contributed by atoms with E-state index in [0.29, 0.717) is 23.4 Å². The van der Waals surface area contributed by atoms with Gasteiger partial charge in [0.05, 0.1) is 4.90 Å². The zero-order valence-corrected chi connectivity index (χ0v) is 18.2. The number of H-pyrrole nitrogens is 1. The molecule has 1 aliphatic heterocycles. The second-order valence-corrected chi connectivity index (χ2v) is 9.48. The molecule has 4 rings (SSSR count). The maximum atomic E-state index is 13.3. The first-order chi connectivity index (χ1) is 14.9. The Hall–Kier alpha value is -2.82. The second-order valence-electron chi connectivity index (χ2n) is 7.15. The highest BCUT2D eigenvalue weighted by Crippen LogP contribution is 2.20. The number of sulfonamides is 1. The fourth-order valence-corrected chi connectivity index (χ4v) is 5.35. The summed E-state index contributed by atoms with van der Waals surface area (Å²) in [4.78, 5) is 17.9. The van der Waals surface area contributed by atoms with Crippen LogP contribution in [0.4, 0.5) is 4.39 Å². The third kappa shape index (κ3) is 4.32. The van der Waals surface area contributed by atoms with Crippen LogP contribution < -0.4 is 0 Å². The average molecular weight is 461 g/mol. The average Bonchev–Trinajstić information content (AvgIpc) is 2.98. The molecule has 1 amide bonds. The van der Waals surface area contributed by atoms with Crippen molar-refractivity contribution in [3.8, 4) is 5.69 Å². The summed E-state index contributed by atoms with van der Waals surface area (Å²) < 4.78 is 42.4. The fraction of sp³-hybridized carbons (Fsp3) is 0.238. The summed E-state index contributed by atoms with van der Waals surface area (Å²) in [5.74, 6) is -0.719. The Morgan fingerprint density at radius 1 is 0.968 bits per heavy atom. The Bertz CT molecular complexity index is 1240. The number of aromatic amines is 1. The van der Waals surface area contributed by atoms with E-state index in [4.69, 9.17) is 12.2 Å². The van der Waals surface area contributed by atoms with Crippen molar-refractivity contribution in [3.05, 3.63) is 77.1 Å². The summed E-state index contributed by atoms with van der Waals surface area (Å²) in [6.07, 6.45) is 2.07. The molecule has 1 fully saturated rings. The first-order valence-corrected chi connectivity index (χ1v) is 11.6. The number of amides is 1. The van der Waals surface area contributed by atoms with E-state index in [0.717, 1.165) is 17.8 Å². The molecule has 1 saturated heterocycles. The van der Waals surface area contributed by atoms with Crippen molar-refractivity contribution in [2.45, 2.75) is 11.3 Å². The summed E-state index contributed by atoms with van der Waals surface area (Å²) in [6.45, 7) is 1.09. The largest absolute Gasteiger partial charge is 0.336 e. The highest BCUT2D eigenvalue weighted by atomic mass is 32.2. The molecule has 3 aromatic rings. The van der Waals surface area contributed by atoms with Crippen LogP contribution in [-0.2, 0) is 10.0 Å². The van der Waals surface area contributed by atoms with Gasteiger partial charge < -0.3 is 9.88 Å². The lowest BCUT2D eigenvalue weighted by molar-refractivity contribution is 0.0756. The van der Waals surface area contributed by atoms with Gasteiger partial charge in [0.15, 0.2) is 4.77 Å². The molecule has 7 nitrogen and oxygen atoms in total. The first kappa shape index (κ1) is 21.4. The molecule has 0 saturated carbocycles. The predicted molar refractivity (Wildman–Crippen MR) is 117 cm³/mol. The molecule has 2 heterocycles. The molecule has 0 atom stereocenters. The molecule has 0 radical (unpaired) electrons. The van der Waals surface area contributed by atoms with Crippen LogP contribution in [-0.4, -0.2) is 59.3 Å². The number of rotatable bonds is 4. The van der Waals surface area contributed by atoms with Crippen LogP contribution in [0.2, 0.25) is 0 Å². The molecule has 2 aromatic carbocycles. The van der Waals surface area contributed by atoms with Gasteiger partial charge in [-0.15, -0.1) is 0 Å². The van der Waals surface area contributed by atoms with Gasteiger partial charge in [-0.1, -0.05) is 18.2 Å². The number of halogens is 1. The third-order valence-corrected chi connectivity index (χ3v) is 7.42. The first-order valence-electron chi connectivity index (χ1n) is 9.79. The number of hydrogen-bond acceptors (Lipinski definition) is 4. The van der Waals surface area contributed by atoms with E-state index in [1.54, 1.807) is 15.7 Å². The van der Waals surface area contributed by atoms with Crippen LogP contribution in [0.1, 0.15) is 16.9 Å². The monoisotopic (exact) mass is 460 g/mol. The number of imidazole rings is 1. The fourth-order valence-electron chi connectivity index (χ4n) is 3.61. The van der Waals surface area contributed by atoms with Crippen molar-refractivity contribution < 1.29 is 17.6 Å². The Kier molecular flexibility index (Phi) is 6.03. The highest BCUT2D eigenvalue weighted by molar-refractivity contribution is 7.89. The molecule has 0 aliphatic carbocycles. The van der Waals surface area contributed by atoms with E-state index < -0.39 is 15.8 Å². The van der Waals surface area contributed by atoms with Crippen LogP contribution >= 0.6 is 12.2 Å².